The third kappa shape index (κ3) is 3.28. The van der Waals surface area contributed by atoms with Gasteiger partial charge in [-0.15, -0.1) is 5.92 Å². The van der Waals surface area contributed by atoms with Crippen molar-refractivity contribution in [1.29, 1.82) is 0 Å². The summed E-state index contributed by atoms with van der Waals surface area (Å²) in [5.41, 5.74) is 5.80. The molecule has 1 aliphatic rings. The molecule has 0 aromatic heterocycles. The van der Waals surface area contributed by atoms with Crippen LogP contribution in [0.15, 0.2) is 0 Å². The normalized spacial score (nSPS) is 29.7. The maximum atomic E-state index is 5.80. The topological polar surface area (TPSA) is 26.0 Å². The Morgan fingerprint density at radius 1 is 1.17 bits per heavy atom. The van der Waals surface area contributed by atoms with E-state index in [0.717, 1.165) is 12.8 Å². The van der Waals surface area contributed by atoms with Crippen LogP contribution in [0.4, 0.5) is 0 Å². The van der Waals surface area contributed by atoms with E-state index in [4.69, 9.17) is 5.73 Å². The smallest absolute Gasteiger partial charge is 0.0204 e. The molecule has 12 heavy (non-hydrogen) atoms. The maximum Gasteiger partial charge on any atom is 0.0204 e. The van der Waals surface area contributed by atoms with Crippen molar-refractivity contribution in [2.75, 3.05) is 0 Å². The SMILES string of the molecule is CC(C)C#CC1CCC(N)CC1. The van der Waals surface area contributed by atoms with Crippen LogP contribution in [-0.4, -0.2) is 6.04 Å². The van der Waals surface area contributed by atoms with Crippen molar-refractivity contribution in [2.45, 2.75) is 45.6 Å². The van der Waals surface area contributed by atoms with E-state index in [9.17, 15) is 0 Å². The Morgan fingerprint density at radius 3 is 2.25 bits per heavy atom. The predicted molar refractivity (Wildman–Crippen MR) is 52.5 cm³/mol. The van der Waals surface area contributed by atoms with E-state index < -0.39 is 0 Å². The van der Waals surface area contributed by atoms with Gasteiger partial charge < -0.3 is 5.73 Å². The Hall–Kier alpha value is -0.480. The molecule has 0 bridgehead atoms. The molecule has 0 aromatic rings. The van der Waals surface area contributed by atoms with Crippen molar-refractivity contribution in [2.24, 2.45) is 17.6 Å². The standard InChI is InChI=1S/C11H19N/c1-9(2)3-4-10-5-7-11(12)8-6-10/h9-11H,5-8,12H2,1-2H3. The third-order valence-electron chi connectivity index (χ3n) is 2.35. The average molecular weight is 165 g/mol. The minimum atomic E-state index is 0.446. The van der Waals surface area contributed by atoms with Gasteiger partial charge >= 0.3 is 0 Å². The highest BCUT2D eigenvalue weighted by Crippen LogP contribution is 2.22. The molecule has 0 saturated heterocycles. The number of nitrogens with two attached hydrogens (primary N) is 1. The third-order valence-corrected chi connectivity index (χ3v) is 2.35. The summed E-state index contributed by atoms with van der Waals surface area (Å²) in [4.78, 5) is 0. The summed E-state index contributed by atoms with van der Waals surface area (Å²) in [6, 6.07) is 0.446. The van der Waals surface area contributed by atoms with Gasteiger partial charge in [0.1, 0.15) is 0 Å². The summed E-state index contributed by atoms with van der Waals surface area (Å²) < 4.78 is 0. The van der Waals surface area contributed by atoms with Crippen LogP contribution in [0.3, 0.4) is 0 Å². The van der Waals surface area contributed by atoms with Gasteiger partial charge in [-0.25, -0.2) is 0 Å². The molecule has 0 aromatic carbocycles. The van der Waals surface area contributed by atoms with Crippen LogP contribution in [0.25, 0.3) is 0 Å². The largest absolute Gasteiger partial charge is 0.328 e. The molecule has 1 nitrogen and oxygen atoms in total. The molecule has 2 N–H and O–H groups in total. The van der Waals surface area contributed by atoms with E-state index in [0.29, 0.717) is 17.9 Å². The zero-order valence-electron chi connectivity index (χ0n) is 8.14. The molecule has 0 spiro atoms. The minimum absolute atomic E-state index is 0.446. The van der Waals surface area contributed by atoms with Crippen molar-refractivity contribution in [1.82, 2.24) is 0 Å². The summed E-state index contributed by atoms with van der Waals surface area (Å²) in [5, 5.41) is 0. The monoisotopic (exact) mass is 165 g/mol. The van der Waals surface area contributed by atoms with Crippen LogP contribution in [0.2, 0.25) is 0 Å². The Labute approximate surface area is 75.7 Å². The Kier molecular flexibility index (Phi) is 3.62. The molecule has 68 valence electrons. The minimum Gasteiger partial charge on any atom is -0.328 e. The van der Waals surface area contributed by atoms with Crippen LogP contribution < -0.4 is 5.73 Å². The lowest BCUT2D eigenvalue weighted by molar-refractivity contribution is 0.384. The summed E-state index contributed by atoms with van der Waals surface area (Å²) in [6.07, 6.45) is 4.75. The second kappa shape index (κ2) is 4.52. The van der Waals surface area contributed by atoms with Gasteiger partial charge in [0.15, 0.2) is 0 Å². The zero-order valence-corrected chi connectivity index (χ0v) is 8.14. The van der Waals surface area contributed by atoms with E-state index in [1.54, 1.807) is 0 Å². The van der Waals surface area contributed by atoms with Gasteiger partial charge in [-0.1, -0.05) is 19.8 Å². The first kappa shape index (κ1) is 9.61. The molecule has 0 aliphatic heterocycles. The van der Waals surface area contributed by atoms with Crippen LogP contribution in [-0.2, 0) is 0 Å². The predicted octanol–water partition coefficient (Wildman–Crippen LogP) is 2.16. The summed E-state index contributed by atoms with van der Waals surface area (Å²) >= 11 is 0. The lowest BCUT2D eigenvalue weighted by Gasteiger charge is -2.22. The molecular weight excluding hydrogens is 146 g/mol. The van der Waals surface area contributed by atoms with E-state index >= 15 is 0 Å². The van der Waals surface area contributed by atoms with E-state index in [1.807, 2.05) is 0 Å². The van der Waals surface area contributed by atoms with E-state index in [1.165, 1.54) is 12.8 Å². The molecule has 1 rings (SSSR count). The molecule has 0 atom stereocenters. The highest BCUT2D eigenvalue weighted by Gasteiger charge is 2.16. The fraction of sp³-hybridized carbons (Fsp3) is 0.818. The van der Waals surface area contributed by atoms with Crippen molar-refractivity contribution in [3.8, 4) is 11.8 Å². The first-order valence-electron chi connectivity index (χ1n) is 4.95. The first-order chi connectivity index (χ1) is 5.68. The highest BCUT2D eigenvalue weighted by molar-refractivity contribution is 5.06. The number of rotatable bonds is 0. The van der Waals surface area contributed by atoms with Gasteiger partial charge in [-0.2, -0.15) is 0 Å². The molecule has 1 saturated carbocycles. The highest BCUT2D eigenvalue weighted by atomic mass is 14.6. The molecule has 0 amide bonds. The first-order valence-corrected chi connectivity index (χ1v) is 4.95. The number of hydrogen-bond acceptors (Lipinski definition) is 1. The molecule has 1 aliphatic carbocycles. The van der Waals surface area contributed by atoms with Crippen molar-refractivity contribution >= 4 is 0 Å². The van der Waals surface area contributed by atoms with Crippen molar-refractivity contribution < 1.29 is 0 Å². The van der Waals surface area contributed by atoms with Crippen LogP contribution in [0.1, 0.15) is 39.5 Å². The van der Waals surface area contributed by atoms with Crippen molar-refractivity contribution in [3.63, 3.8) is 0 Å². The molecule has 0 unspecified atom stereocenters. The number of hydrogen-bond donors (Lipinski definition) is 1. The average Bonchev–Trinajstić information content (AvgIpc) is 2.03. The van der Waals surface area contributed by atoms with Gasteiger partial charge in [0.2, 0.25) is 0 Å². The van der Waals surface area contributed by atoms with E-state index in [-0.39, 0.29) is 0 Å². The summed E-state index contributed by atoms with van der Waals surface area (Å²) in [6.45, 7) is 4.28. The molecule has 1 fully saturated rings. The van der Waals surface area contributed by atoms with E-state index in [2.05, 4.69) is 25.7 Å². The maximum absolute atomic E-state index is 5.80. The van der Waals surface area contributed by atoms with Crippen LogP contribution in [0.5, 0.6) is 0 Å². The van der Waals surface area contributed by atoms with Crippen LogP contribution >= 0.6 is 0 Å². The molecule has 0 heterocycles. The Balaban J connectivity index is 2.32. The fourth-order valence-electron chi connectivity index (χ4n) is 1.55. The summed E-state index contributed by atoms with van der Waals surface area (Å²) in [7, 11) is 0. The lowest BCUT2D eigenvalue weighted by Crippen LogP contribution is -2.25. The molecular formula is C11H19N. The fourth-order valence-corrected chi connectivity index (χ4v) is 1.55. The second-order valence-corrected chi connectivity index (χ2v) is 4.06. The van der Waals surface area contributed by atoms with Crippen LogP contribution in [0, 0.1) is 23.7 Å². The quantitative estimate of drug-likeness (QED) is 0.547. The van der Waals surface area contributed by atoms with Gasteiger partial charge in [0, 0.05) is 17.9 Å². The van der Waals surface area contributed by atoms with Gasteiger partial charge in [-0.3, -0.25) is 0 Å². The summed E-state index contributed by atoms with van der Waals surface area (Å²) in [5.74, 6) is 7.72. The van der Waals surface area contributed by atoms with Gasteiger partial charge in [-0.05, 0) is 25.7 Å². The second-order valence-electron chi connectivity index (χ2n) is 4.06. The van der Waals surface area contributed by atoms with Gasteiger partial charge in [0.05, 0.1) is 0 Å². The molecule has 1 heteroatoms. The Bertz CT molecular complexity index is 177. The molecule has 0 radical (unpaired) electrons. The Morgan fingerprint density at radius 2 is 1.75 bits per heavy atom. The van der Waals surface area contributed by atoms with Crippen molar-refractivity contribution in [3.05, 3.63) is 0 Å². The lowest BCUT2D eigenvalue weighted by atomic mass is 9.87. The zero-order chi connectivity index (χ0) is 8.97. The van der Waals surface area contributed by atoms with Gasteiger partial charge in [0.25, 0.3) is 0 Å².